The quantitative estimate of drug-likeness (QED) is 0.0491. The van der Waals surface area contributed by atoms with Gasteiger partial charge in [0.05, 0.1) is 34.9 Å². The predicted molar refractivity (Wildman–Crippen MR) is 234 cm³/mol. The molecular formula is C48H56F12N2O10. The number of rotatable bonds is 19. The Morgan fingerprint density at radius 1 is 0.694 bits per heavy atom. The third-order valence-corrected chi connectivity index (χ3v) is 13.3. The zero-order chi connectivity index (χ0) is 55.0. The second-order valence-corrected chi connectivity index (χ2v) is 19.1. The van der Waals surface area contributed by atoms with Crippen molar-refractivity contribution in [1.29, 1.82) is 0 Å². The summed E-state index contributed by atoms with van der Waals surface area (Å²) in [5.41, 5.74) is -19.2. The molecule has 0 heterocycles. The van der Waals surface area contributed by atoms with Gasteiger partial charge in [-0.15, -0.1) is 0 Å². The van der Waals surface area contributed by atoms with E-state index in [2.05, 4.69) is 5.32 Å². The first-order valence-corrected chi connectivity index (χ1v) is 22.5. The van der Waals surface area contributed by atoms with Crippen LogP contribution in [0.2, 0.25) is 0 Å². The number of benzene rings is 2. The highest BCUT2D eigenvalue weighted by atomic mass is 19.4. The minimum atomic E-state index is -6.60. The van der Waals surface area contributed by atoms with Gasteiger partial charge < -0.3 is 46.0 Å². The lowest BCUT2D eigenvalue weighted by molar-refractivity contribution is -0.386. The van der Waals surface area contributed by atoms with Crippen molar-refractivity contribution in [3.63, 3.8) is 0 Å². The maximum atomic E-state index is 14.4. The number of alkyl halides is 12. The number of carboxylic acid groups (broad SMARTS) is 2. The molecule has 0 saturated carbocycles. The maximum absolute atomic E-state index is 14.4. The van der Waals surface area contributed by atoms with Gasteiger partial charge in [0.2, 0.25) is 0 Å². The van der Waals surface area contributed by atoms with E-state index in [-0.39, 0.29) is 35.1 Å². The zero-order valence-electron chi connectivity index (χ0n) is 39.6. The fraction of sp³-hybridized carbons (Fsp3) is 0.562. The molecule has 0 aromatic heterocycles. The van der Waals surface area contributed by atoms with Crippen LogP contribution in [0.25, 0.3) is 0 Å². The van der Waals surface area contributed by atoms with Crippen LogP contribution in [0.3, 0.4) is 0 Å². The molecule has 0 fully saturated rings. The normalized spacial score (nSPS) is 20.4. The van der Waals surface area contributed by atoms with Crippen molar-refractivity contribution < 1.29 is 102 Å². The summed E-state index contributed by atoms with van der Waals surface area (Å²) < 4.78 is 178. The Bertz CT molecular complexity index is 2400. The standard InChI is InChI=1S/C48H56F12N2O10/c1-7-14-41(4,5)62-29-19-25(17-27(21-29)44(71,47(55,56)57)48(58,59)60)36(63)24-16-26(43(70,45(49,50)51)46(52,53)54)20-28(18-24)61-38(65)35-23-31(11-13-33(35)40(68)69)72-30-10-12-32(39(66)67)34(22-30)37(64)42(6,9-3)15-8-2/h10-13,16,18-19,22-23,27-29,36-37,62-64,70-71H,7-9,14-15,17,20-21H2,1-6H3,(H,61,65)(H,66,67)(H,68,69). The van der Waals surface area contributed by atoms with Gasteiger partial charge in [-0.3, -0.25) is 4.79 Å². The molecule has 0 bridgehead atoms. The molecule has 0 saturated heterocycles. The van der Waals surface area contributed by atoms with Crippen molar-refractivity contribution in [2.24, 2.45) is 11.3 Å². The van der Waals surface area contributed by atoms with Gasteiger partial charge in [0.25, 0.3) is 17.1 Å². The Balaban J connectivity index is 1.87. The van der Waals surface area contributed by atoms with Gasteiger partial charge in [0.1, 0.15) is 11.5 Å². The molecule has 2 aromatic carbocycles. The van der Waals surface area contributed by atoms with Crippen LogP contribution in [0, 0.1) is 11.3 Å². The first-order chi connectivity index (χ1) is 32.8. The Kier molecular flexibility index (Phi) is 17.6. The Morgan fingerprint density at radius 2 is 1.22 bits per heavy atom. The highest BCUT2D eigenvalue weighted by molar-refractivity contribution is 6.05. The fourth-order valence-electron chi connectivity index (χ4n) is 9.43. The second-order valence-electron chi connectivity index (χ2n) is 19.1. The van der Waals surface area contributed by atoms with Gasteiger partial charge in [0.15, 0.2) is 0 Å². The molecule has 6 unspecified atom stereocenters. The Hall–Kier alpha value is -5.17. The van der Waals surface area contributed by atoms with E-state index in [1.807, 2.05) is 12.2 Å². The van der Waals surface area contributed by atoms with E-state index in [1.54, 1.807) is 20.8 Å². The molecule has 2 aliphatic rings. The molecule has 8 N–H and O–H groups in total. The summed E-state index contributed by atoms with van der Waals surface area (Å²) in [5.74, 6) is -8.16. The Morgan fingerprint density at radius 3 is 1.71 bits per heavy atom. The van der Waals surface area contributed by atoms with E-state index < -0.39 is 142 Å². The molecule has 2 aromatic rings. The Labute approximate surface area is 405 Å². The van der Waals surface area contributed by atoms with Gasteiger partial charge in [-0.25, -0.2) is 9.59 Å². The molecule has 0 aliphatic heterocycles. The summed E-state index contributed by atoms with van der Waals surface area (Å²) in [6, 6.07) is 2.31. The van der Waals surface area contributed by atoms with Crippen LogP contribution in [0.5, 0.6) is 11.5 Å². The van der Waals surface area contributed by atoms with Crippen LogP contribution in [-0.4, -0.2) is 108 Å². The third-order valence-electron chi connectivity index (χ3n) is 13.3. The number of carbonyl (C=O) groups excluding carboxylic acids is 1. The summed E-state index contributed by atoms with van der Waals surface area (Å²) in [6.07, 6.45) is -30.6. The van der Waals surface area contributed by atoms with Crippen molar-refractivity contribution >= 4 is 17.8 Å². The molecule has 0 radical (unpaired) electrons. The van der Waals surface area contributed by atoms with E-state index in [9.17, 15) is 97.7 Å². The van der Waals surface area contributed by atoms with Gasteiger partial charge in [-0.05, 0) is 116 Å². The van der Waals surface area contributed by atoms with Crippen LogP contribution >= 0.6 is 0 Å². The lowest BCUT2D eigenvalue weighted by atomic mass is 9.71. The molecule has 12 nitrogen and oxygen atoms in total. The van der Waals surface area contributed by atoms with Crippen molar-refractivity contribution in [3.8, 4) is 11.5 Å². The molecule has 2 aliphatic carbocycles. The molecule has 6 atom stereocenters. The minimum Gasteiger partial charge on any atom is -0.478 e. The number of halogens is 12. The van der Waals surface area contributed by atoms with E-state index in [0.717, 1.165) is 36.4 Å². The largest absolute Gasteiger partial charge is 0.478 e. The van der Waals surface area contributed by atoms with E-state index >= 15 is 0 Å². The van der Waals surface area contributed by atoms with Crippen LogP contribution in [-0.2, 0) is 0 Å². The van der Waals surface area contributed by atoms with Crippen molar-refractivity contribution in [1.82, 2.24) is 10.6 Å². The van der Waals surface area contributed by atoms with Gasteiger partial charge >= 0.3 is 36.6 Å². The number of aliphatic hydroxyl groups excluding tert-OH is 2. The van der Waals surface area contributed by atoms with E-state index in [1.165, 1.54) is 19.9 Å². The predicted octanol–water partition coefficient (Wildman–Crippen LogP) is 10.4. The summed E-state index contributed by atoms with van der Waals surface area (Å²) in [5, 5.41) is 68.9. The highest BCUT2D eigenvalue weighted by Gasteiger charge is 2.74. The average molecular weight is 1050 g/mol. The summed E-state index contributed by atoms with van der Waals surface area (Å²) >= 11 is 0. The van der Waals surface area contributed by atoms with Crippen molar-refractivity contribution in [3.05, 3.63) is 93.6 Å². The van der Waals surface area contributed by atoms with Crippen molar-refractivity contribution in [2.75, 3.05) is 0 Å². The first kappa shape index (κ1) is 59.4. The second kappa shape index (κ2) is 21.4. The number of carboxylic acids is 2. The molecule has 24 heteroatoms. The van der Waals surface area contributed by atoms with E-state index in [0.29, 0.717) is 31.8 Å². The van der Waals surface area contributed by atoms with Crippen LogP contribution in [0.4, 0.5) is 52.7 Å². The molecule has 402 valence electrons. The third kappa shape index (κ3) is 12.3. The summed E-state index contributed by atoms with van der Waals surface area (Å²) in [4.78, 5) is 38.5. The SMILES string of the molecule is CCCC(C)(C)NC1C=C(C(O)C2=CC(NC(=O)c3cc(Oc4ccc(C(=O)O)c(C(O)C(C)(CC)CCC)c4)ccc3C(=O)O)CC(C(O)(C(F)(F)F)C(F)(F)F)=C2)CC(C(O)(C(F)(F)F)C(F)(F)F)C1. The number of carbonyl (C=O) groups is 3. The molecule has 0 spiro atoms. The molecular weight excluding hydrogens is 993 g/mol. The number of nitrogens with one attached hydrogen (secondary N) is 2. The first-order valence-electron chi connectivity index (χ1n) is 22.5. The van der Waals surface area contributed by atoms with Crippen molar-refractivity contribution in [2.45, 2.75) is 159 Å². The summed E-state index contributed by atoms with van der Waals surface area (Å²) in [6.45, 7) is 10.1. The minimum absolute atomic E-state index is 0.0226. The number of amides is 1. The number of hydrogen-bond acceptors (Lipinski definition) is 9. The zero-order valence-corrected chi connectivity index (χ0v) is 39.6. The average Bonchev–Trinajstić information content (AvgIpc) is 3.25. The van der Waals surface area contributed by atoms with Crippen LogP contribution in [0.15, 0.2) is 71.3 Å². The van der Waals surface area contributed by atoms with Gasteiger partial charge in [-0.1, -0.05) is 58.8 Å². The fourth-order valence-corrected chi connectivity index (χ4v) is 9.43. The molecule has 4 rings (SSSR count). The monoisotopic (exact) mass is 1050 g/mol. The molecule has 1 amide bonds. The number of ether oxygens (including phenoxy) is 1. The number of hydrogen-bond donors (Lipinski definition) is 8. The summed E-state index contributed by atoms with van der Waals surface area (Å²) in [7, 11) is 0. The van der Waals surface area contributed by atoms with Crippen LogP contribution in [0.1, 0.15) is 136 Å². The maximum Gasteiger partial charge on any atom is 0.430 e. The number of aromatic carboxylic acids is 2. The number of aliphatic hydroxyl groups is 4. The lowest BCUT2D eigenvalue weighted by Crippen LogP contribution is -2.63. The van der Waals surface area contributed by atoms with E-state index in [4.69, 9.17) is 4.74 Å². The topological polar surface area (TPSA) is 206 Å². The lowest BCUT2D eigenvalue weighted by Gasteiger charge is -2.44. The molecule has 72 heavy (non-hydrogen) atoms. The van der Waals surface area contributed by atoms with Gasteiger partial charge in [-0.2, -0.15) is 52.7 Å². The highest BCUT2D eigenvalue weighted by Crippen LogP contribution is 2.54. The van der Waals surface area contributed by atoms with Gasteiger partial charge in [0, 0.05) is 17.5 Å². The van der Waals surface area contributed by atoms with Crippen LogP contribution < -0.4 is 15.4 Å². The smallest absolute Gasteiger partial charge is 0.430 e.